The van der Waals surface area contributed by atoms with Crippen LogP contribution in [0.5, 0.6) is 0 Å². The second kappa shape index (κ2) is 7.64. The molecule has 0 radical (unpaired) electrons. The third-order valence-corrected chi connectivity index (χ3v) is 4.75. The zero-order valence-electron chi connectivity index (χ0n) is 17.0. The minimum absolute atomic E-state index is 0.119. The van der Waals surface area contributed by atoms with Crippen molar-refractivity contribution >= 4 is 0 Å². The molecule has 4 aromatic rings. The molecule has 3 heterocycles. The van der Waals surface area contributed by atoms with E-state index in [0.29, 0.717) is 23.5 Å². The van der Waals surface area contributed by atoms with Crippen LogP contribution in [0.2, 0.25) is 0 Å². The fourth-order valence-electron chi connectivity index (χ4n) is 3.05. The highest BCUT2D eigenvalue weighted by atomic mass is 16.3. The summed E-state index contributed by atoms with van der Waals surface area (Å²) in [6.07, 6.45) is 8.79. The number of hydrogen-bond donors (Lipinski definition) is 1. The molecule has 0 saturated carbocycles. The Morgan fingerprint density at radius 2 is 1.87 bits per heavy atom. The van der Waals surface area contributed by atoms with Crippen molar-refractivity contribution in [1.29, 1.82) is 0 Å². The second-order valence-electron chi connectivity index (χ2n) is 7.67. The summed E-state index contributed by atoms with van der Waals surface area (Å²) in [7, 11) is 1.83. The van der Waals surface area contributed by atoms with Crippen LogP contribution in [0.1, 0.15) is 30.7 Å². The van der Waals surface area contributed by atoms with Crippen LogP contribution in [0.25, 0.3) is 17.1 Å². The van der Waals surface area contributed by atoms with Crippen molar-refractivity contribution < 1.29 is 5.11 Å². The predicted molar refractivity (Wildman–Crippen MR) is 112 cm³/mol. The normalized spacial score (nSPS) is 11.6. The van der Waals surface area contributed by atoms with Crippen LogP contribution in [-0.4, -0.2) is 34.6 Å². The maximum atomic E-state index is 12.4. The Labute approximate surface area is 173 Å². The first-order chi connectivity index (χ1) is 14.3. The lowest BCUT2D eigenvalue weighted by Crippen LogP contribution is -2.16. The Morgan fingerprint density at radius 3 is 2.53 bits per heavy atom. The number of aromatic nitrogens is 6. The van der Waals surface area contributed by atoms with E-state index < -0.39 is 5.60 Å². The van der Waals surface area contributed by atoms with Gasteiger partial charge in [-0.2, -0.15) is 10.2 Å². The minimum Gasteiger partial charge on any atom is -0.386 e. The molecule has 0 fully saturated rings. The van der Waals surface area contributed by atoms with Gasteiger partial charge in [0.05, 0.1) is 18.0 Å². The van der Waals surface area contributed by atoms with Crippen LogP contribution in [0.3, 0.4) is 0 Å². The molecule has 0 atom stereocenters. The maximum Gasteiger partial charge on any atom is 0.203 e. The lowest BCUT2D eigenvalue weighted by molar-refractivity contribution is 0.0778. The van der Waals surface area contributed by atoms with Gasteiger partial charge in [-0.25, -0.2) is 14.6 Å². The molecule has 30 heavy (non-hydrogen) atoms. The third kappa shape index (κ3) is 4.18. The molecule has 0 bridgehead atoms. The number of benzene rings is 1. The Kier molecular flexibility index (Phi) is 5.01. The number of rotatable bonds is 5. The number of aryl methyl sites for hydroxylation is 1. The maximum absolute atomic E-state index is 12.4. The van der Waals surface area contributed by atoms with Crippen molar-refractivity contribution in [2.75, 3.05) is 0 Å². The number of hydrogen-bond acceptors (Lipinski definition) is 6. The smallest absolute Gasteiger partial charge is 0.203 e. The van der Waals surface area contributed by atoms with Crippen LogP contribution in [-0.2, 0) is 19.1 Å². The third-order valence-electron chi connectivity index (χ3n) is 4.75. The zero-order chi connectivity index (χ0) is 21.3. The van der Waals surface area contributed by atoms with Crippen LogP contribution >= 0.6 is 0 Å². The second-order valence-corrected chi connectivity index (χ2v) is 7.67. The van der Waals surface area contributed by atoms with Gasteiger partial charge in [0.2, 0.25) is 5.43 Å². The molecule has 8 nitrogen and oxygen atoms in total. The van der Waals surface area contributed by atoms with Crippen molar-refractivity contribution in [3.05, 3.63) is 88.4 Å². The molecule has 1 aromatic carbocycles. The monoisotopic (exact) mass is 402 g/mol. The lowest BCUT2D eigenvalue weighted by Gasteiger charge is -2.16. The van der Waals surface area contributed by atoms with E-state index in [2.05, 4.69) is 20.2 Å². The van der Waals surface area contributed by atoms with Gasteiger partial charge in [-0.05, 0) is 25.5 Å². The Morgan fingerprint density at radius 1 is 1.10 bits per heavy atom. The van der Waals surface area contributed by atoms with Gasteiger partial charge in [0.15, 0.2) is 5.82 Å². The lowest BCUT2D eigenvalue weighted by atomic mass is 10.0. The zero-order valence-corrected chi connectivity index (χ0v) is 17.0. The molecule has 0 aliphatic heterocycles. The SMILES string of the molecule is Cn1cc(-n2ccc(=O)c(Cc3cccc(-c4ncc(C(C)(C)O)cn4)c3)n2)cn1. The van der Waals surface area contributed by atoms with E-state index in [1.165, 1.54) is 6.07 Å². The quantitative estimate of drug-likeness (QED) is 0.550. The first kappa shape index (κ1) is 19.7. The predicted octanol–water partition coefficient (Wildman–Crippen LogP) is 2.24. The van der Waals surface area contributed by atoms with E-state index in [9.17, 15) is 9.90 Å². The molecular formula is C22H22N6O2. The highest BCUT2D eigenvalue weighted by molar-refractivity contribution is 5.56. The molecule has 1 N–H and O–H groups in total. The van der Waals surface area contributed by atoms with Crippen molar-refractivity contribution in [3.63, 3.8) is 0 Å². The van der Waals surface area contributed by atoms with Crippen LogP contribution < -0.4 is 5.43 Å². The summed E-state index contributed by atoms with van der Waals surface area (Å²) in [6, 6.07) is 9.21. The average molecular weight is 402 g/mol. The van der Waals surface area contributed by atoms with E-state index in [0.717, 1.165) is 16.8 Å². The van der Waals surface area contributed by atoms with Crippen molar-refractivity contribution in [2.24, 2.45) is 7.05 Å². The number of nitrogens with zero attached hydrogens (tertiary/aromatic N) is 6. The van der Waals surface area contributed by atoms with Crippen LogP contribution in [0, 0.1) is 0 Å². The Balaban J connectivity index is 1.61. The minimum atomic E-state index is -0.993. The Bertz CT molecular complexity index is 1240. The molecule has 3 aromatic heterocycles. The van der Waals surface area contributed by atoms with E-state index in [1.54, 1.807) is 48.0 Å². The van der Waals surface area contributed by atoms with Crippen molar-refractivity contribution in [1.82, 2.24) is 29.5 Å². The fourth-order valence-corrected chi connectivity index (χ4v) is 3.05. The molecule has 0 unspecified atom stereocenters. The molecule has 0 spiro atoms. The van der Waals surface area contributed by atoms with Gasteiger partial charge in [0.1, 0.15) is 11.4 Å². The summed E-state index contributed by atoms with van der Waals surface area (Å²) in [4.78, 5) is 21.1. The summed E-state index contributed by atoms with van der Waals surface area (Å²) >= 11 is 0. The molecular weight excluding hydrogens is 380 g/mol. The molecule has 152 valence electrons. The van der Waals surface area contributed by atoms with Crippen molar-refractivity contribution in [3.8, 4) is 17.1 Å². The largest absolute Gasteiger partial charge is 0.386 e. The van der Waals surface area contributed by atoms with Gasteiger partial charge >= 0.3 is 0 Å². The van der Waals surface area contributed by atoms with Gasteiger partial charge in [-0.15, -0.1) is 0 Å². The van der Waals surface area contributed by atoms with Gasteiger partial charge in [0, 0.05) is 49.3 Å². The summed E-state index contributed by atoms with van der Waals surface area (Å²) in [6.45, 7) is 3.38. The van der Waals surface area contributed by atoms with E-state index in [-0.39, 0.29) is 5.43 Å². The highest BCUT2D eigenvalue weighted by Gasteiger charge is 2.17. The van der Waals surface area contributed by atoms with E-state index in [4.69, 9.17) is 0 Å². The molecule has 8 heteroatoms. The summed E-state index contributed by atoms with van der Waals surface area (Å²) in [5.74, 6) is 0.554. The van der Waals surface area contributed by atoms with Gasteiger partial charge in [-0.1, -0.05) is 18.2 Å². The standard InChI is InChI=1S/C22H22N6O2/c1-22(2,30)17-11-23-21(24-12-17)16-6-4-5-15(9-16)10-19-20(29)7-8-28(26-19)18-13-25-27(3)14-18/h4-9,11-14,30H,10H2,1-3H3. The van der Waals surface area contributed by atoms with E-state index in [1.807, 2.05) is 37.5 Å². The first-order valence-corrected chi connectivity index (χ1v) is 9.52. The summed E-state index contributed by atoms with van der Waals surface area (Å²) in [5, 5.41) is 18.7. The highest BCUT2D eigenvalue weighted by Crippen LogP contribution is 2.21. The summed E-state index contributed by atoms with van der Waals surface area (Å²) < 4.78 is 3.33. The molecule has 0 amide bonds. The van der Waals surface area contributed by atoms with Gasteiger partial charge in [-0.3, -0.25) is 9.48 Å². The molecule has 0 aliphatic carbocycles. The van der Waals surface area contributed by atoms with Gasteiger partial charge < -0.3 is 5.11 Å². The average Bonchev–Trinajstić information content (AvgIpc) is 3.16. The topological polar surface area (TPSA) is 98.7 Å². The van der Waals surface area contributed by atoms with Crippen LogP contribution in [0.4, 0.5) is 0 Å². The summed E-state index contributed by atoms with van der Waals surface area (Å²) in [5.41, 5.74) is 2.52. The van der Waals surface area contributed by atoms with Gasteiger partial charge in [0.25, 0.3) is 0 Å². The van der Waals surface area contributed by atoms with Crippen molar-refractivity contribution in [2.45, 2.75) is 25.9 Å². The first-order valence-electron chi connectivity index (χ1n) is 9.52. The Hall–Kier alpha value is -3.65. The fraction of sp³-hybridized carbons (Fsp3) is 0.227. The molecule has 0 saturated heterocycles. The molecule has 0 aliphatic rings. The van der Waals surface area contributed by atoms with E-state index >= 15 is 0 Å². The van der Waals surface area contributed by atoms with Crippen LogP contribution in [0.15, 0.2) is 66.1 Å². The molecule has 4 rings (SSSR count). The number of aliphatic hydroxyl groups is 1.